The maximum atomic E-state index is 6.88. The second-order valence-electron chi connectivity index (χ2n) is 9.37. The fourth-order valence-corrected chi connectivity index (χ4v) is 6.34. The molecule has 0 radical (unpaired) electrons. The van der Waals surface area contributed by atoms with E-state index >= 15 is 0 Å². The lowest BCUT2D eigenvalue weighted by Crippen LogP contribution is -2.46. The van der Waals surface area contributed by atoms with Gasteiger partial charge in [-0.1, -0.05) is 83.6 Å². The quantitative estimate of drug-likeness (QED) is 0.305. The average molecular weight is 433 g/mol. The second-order valence-corrected chi connectivity index (χ2v) is 16.2. The molecule has 0 aliphatic heterocycles. The topological polar surface area (TPSA) is 9.23 Å². The lowest BCUT2D eigenvalue weighted by Gasteiger charge is -2.42. The summed E-state index contributed by atoms with van der Waals surface area (Å²) in [5, 5.41) is 2.38. The van der Waals surface area contributed by atoms with Gasteiger partial charge in [-0.2, -0.15) is 0 Å². The Morgan fingerprint density at radius 1 is 1.04 bits per heavy atom. The smallest absolute Gasteiger partial charge is 0.192 e. The zero-order valence-electron chi connectivity index (χ0n) is 18.7. The predicted molar refractivity (Wildman–Crippen MR) is 131 cm³/mol. The highest BCUT2D eigenvalue weighted by Crippen LogP contribution is 2.41. The van der Waals surface area contributed by atoms with Gasteiger partial charge in [-0.25, -0.2) is 0 Å². The summed E-state index contributed by atoms with van der Waals surface area (Å²) in [5.74, 6) is 0.828. The van der Waals surface area contributed by atoms with Gasteiger partial charge in [0.15, 0.2) is 8.32 Å². The molecular formula is C24H36OS2Si. The highest BCUT2D eigenvalue weighted by atomic mass is 32.2. The van der Waals surface area contributed by atoms with Crippen LogP contribution in [-0.2, 0) is 4.43 Å². The standard InChI is InChI=1S/C24H36OS2Si/c1-18(2)23(25-28(7,8)24(4,5)6)19(3)17-22(21-15-12-16-26-21)27-20-13-10-9-11-14-20/h9-19,23H,1-8H3/b22-17-/t19-,23+/m0/s1. The SMILES string of the molecule is CC(C)[C@@H](O[Si](C)(C)C(C)(C)C)[C@@H](C)/C=C(\Sc1ccccc1)c1cccs1. The molecule has 2 atom stereocenters. The molecule has 1 heterocycles. The zero-order valence-corrected chi connectivity index (χ0v) is 21.3. The Kier molecular flexibility index (Phi) is 8.21. The lowest BCUT2D eigenvalue weighted by atomic mass is 9.94. The Hall–Kier alpha value is -0.813. The minimum atomic E-state index is -1.82. The number of thiophene rings is 1. The van der Waals surface area contributed by atoms with E-state index < -0.39 is 8.32 Å². The summed E-state index contributed by atoms with van der Waals surface area (Å²) in [5.41, 5.74) is 0. The first-order valence-electron chi connectivity index (χ1n) is 10.2. The summed E-state index contributed by atoms with van der Waals surface area (Å²) in [6.07, 6.45) is 2.66. The summed E-state index contributed by atoms with van der Waals surface area (Å²) < 4.78 is 6.88. The monoisotopic (exact) mass is 432 g/mol. The summed E-state index contributed by atoms with van der Waals surface area (Å²) in [7, 11) is -1.82. The van der Waals surface area contributed by atoms with E-state index in [9.17, 15) is 0 Å². The van der Waals surface area contributed by atoms with Gasteiger partial charge in [0.25, 0.3) is 0 Å². The van der Waals surface area contributed by atoms with Crippen LogP contribution in [0.4, 0.5) is 0 Å². The van der Waals surface area contributed by atoms with Crippen molar-refractivity contribution in [2.75, 3.05) is 0 Å². The first-order valence-corrected chi connectivity index (χ1v) is 14.8. The van der Waals surface area contributed by atoms with E-state index in [0.29, 0.717) is 11.8 Å². The Labute approximate surface area is 181 Å². The van der Waals surface area contributed by atoms with Crippen LogP contribution < -0.4 is 0 Å². The van der Waals surface area contributed by atoms with E-state index in [0.717, 1.165) is 0 Å². The van der Waals surface area contributed by atoms with Gasteiger partial charge in [-0.15, -0.1) is 11.3 Å². The molecule has 2 aromatic rings. The Balaban J connectivity index is 2.31. The van der Waals surface area contributed by atoms with Crippen molar-refractivity contribution in [3.8, 4) is 0 Å². The van der Waals surface area contributed by atoms with E-state index in [2.05, 4.69) is 109 Å². The molecule has 0 aliphatic rings. The van der Waals surface area contributed by atoms with Crippen LogP contribution in [0.25, 0.3) is 4.91 Å². The normalized spacial score (nSPS) is 15.7. The molecule has 0 unspecified atom stereocenters. The van der Waals surface area contributed by atoms with Gasteiger partial charge in [-0.05, 0) is 47.6 Å². The molecule has 0 N–H and O–H groups in total. The fraction of sp³-hybridized carbons (Fsp3) is 0.500. The van der Waals surface area contributed by atoms with Crippen molar-refractivity contribution in [2.45, 2.75) is 70.7 Å². The molecule has 0 amide bonds. The predicted octanol–water partition coefficient (Wildman–Crippen LogP) is 8.56. The van der Waals surface area contributed by atoms with Gasteiger partial charge in [0.2, 0.25) is 0 Å². The molecule has 28 heavy (non-hydrogen) atoms. The second kappa shape index (κ2) is 9.79. The van der Waals surface area contributed by atoms with E-state index in [1.807, 2.05) is 23.1 Å². The Morgan fingerprint density at radius 2 is 1.68 bits per heavy atom. The molecule has 0 spiro atoms. The molecule has 1 nitrogen and oxygen atoms in total. The number of thioether (sulfide) groups is 1. The molecule has 2 rings (SSSR count). The van der Waals surface area contributed by atoms with Crippen LogP contribution in [-0.4, -0.2) is 14.4 Å². The third kappa shape index (κ3) is 6.35. The zero-order chi connectivity index (χ0) is 20.9. The van der Waals surface area contributed by atoms with Crippen molar-refractivity contribution in [2.24, 2.45) is 11.8 Å². The van der Waals surface area contributed by atoms with Gasteiger partial charge in [0.05, 0.1) is 6.10 Å². The van der Waals surface area contributed by atoms with Crippen LogP contribution in [0.15, 0.2) is 58.8 Å². The van der Waals surface area contributed by atoms with Gasteiger partial charge < -0.3 is 4.43 Å². The molecule has 1 aromatic heterocycles. The summed E-state index contributed by atoms with van der Waals surface area (Å²) in [6, 6.07) is 15.0. The average Bonchev–Trinajstić information content (AvgIpc) is 3.13. The molecule has 0 bridgehead atoms. The molecule has 0 aliphatic carbocycles. The first kappa shape index (κ1) is 23.5. The number of hydrogen-bond acceptors (Lipinski definition) is 3. The van der Waals surface area contributed by atoms with Gasteiger partial charge in [0, 0.05) is 20.6 Å². The molecule has 1 aromatic carbocycles. The molecule has 154 valence electrons. The Morgan fingerprint density at radius 3 is 2.18 bits per heavy atom. The number of benzene rings is 1. The summed E-state index contributed by atoms with van der Waals surface area (Å²) >= 11 is 3.66. The van der Waals surface area contributed by atoms with Crippen LogP contribution >= 0.6 is 23.1 Å². The third-order valence-corrected chi connectivity index (χ3v) is 12.2. The summed E-state index contributed by atoms with van der Waals surface area (Å²) in [6.45, 7) is 18.6. The van der Waals surface area contributed by atoms with Crippen molar-refractivity contribution in [3.63, 3.8) is 0 Å². The number of hydrogen-bond donors (Lipinski definition) is 0. The van der Waals surface area contributed by atoms with Gasteiger partial charge in [0.1, 0.15) is 0 Å². The molecule has 4 heteroatoms. The van der Waals surface area contributed by atoms with Crippen LogP contribution in [0.2, 0.25) is 18.1 Å². The lowest BCUT2D eigenvalue weighted by molar-refractivity contribution is 0.101. The van der Waals surface area contributed by atoms with Crippen molar-refractivity contribution < 1.29 is 4.43 Å². The number of rotatable bonds is 8. The summed E-state index contributed by atoms with van der Waals surface area (Å²) in [4.78, 5) is 3.94. The first-order chi connectivity index (χ1) is 13.0. The fourth-order valence-electron chi connectivity index (χ4n) is 2.90. The highest BCUT2D eigenvalue weighted by molar-refractivity contribution is 8.08. The van der Waals surface area contributed by atoms with E-state index in [1.165, 1.54) is 14.7 Å². The van der Waals surface area contributed by atoms with Crippen molar-refractivity contribution in [1.82, 2.24) is 0 Å². The minimum absolute atomic E-state index is 0.221. The van der Waals surface area contributed by atoms with E-state index in [1.54, 1.807) is 0 Å². The third-order valence-electron chi connectivity index (χ3n) is 5.56. The van der Waals surface area contributed by atoms with Crippen LogP contribution in [0.5, 0.6) is 0 Å². The van der Waals surface area contributed by atoms with Crippen molar-refractivity contribution >= 4 is 36.3 Å². The van der Waals surface area contributed by atoms with E-state index in [-0.39, 0.29) is 11.1 Å². The van der Waals surface area contributed by atoms with Crippen LogP contribution in [0, 0.1) is 11.8 Å². The van der Waals surface area contributed by atoms with Gasteiger partial charge >= 0.3 is 0 Å². The van der Waals surface area contributed by atoms with Crippen LogP contribution in [0.1, 0.15) is 46.4 Å². The molecular weight excluding hydrogens is 396 g/mol. The van der Waals surface area contributed by atoms with Crippen molar-refractivity contribution in [1.29, 1.82) is 0 Å². The molecule has 0 saturated heterocycles. The minimum Gasteiger partial charge on any atom is -0.413 e. The maximum absolute atomic E-state index is 6.88. The molecule has 0 saturated carbocycles. The van der Waals surface area contributed by atoms with Crippen LogP contribution in [0.3, 0.4) is 0 Å². The molecule has 0 fully saturated rings. The van der Waals surface area contributed by atoms with E-state index in [4.69, 9.17) is 4.43 Å². The largest absolute Gasteiger partial charge is 0.413 e. The Bertz CT molecular complexity index is 743. The van der Waals surface area contributed by atoms with Gasteiger partial charge in [-0.3, -0.25) is 0 Å². The highest BCUT2D eigenvalue weighted by Gasteiger charge is 2.40. The van der Waals surface area contributed by atoms with Crippen molar-refractivity contribution in [3.05, 3.63) is 58.8 Å². The maximum Gasteiger partial charge on any atom is 0.192 e.